The van der Waals surface area contributed by atoms with Gasteiger partial charge in [-0.3, -0.25) is 4.98 Å². The van der Waals surface area contributed by atoms with E-state index in [1.54, 1.807) is 25.5 Å². The molecule has 4 nitrogen and oxygen atoms in total. The molecule has 1 atom stereocenters. The molecule has 2 heterocycles. The van der Waals surface area contributed by atoms with Gasteiger partial charge in [-0.25, -0.2) is 9.38 Å². The van der Waals surface area contributed by atoms with Gasteiger partial charge in [-0.15, -0.1) is 0 Å². The summed E-state index contributed by atoms with van der Waals surface area (Å²) in [5.74, 6) is -0.218. The van der Waals surface area contributed by atoms with Crippen molar-refractivity contribution in [1.82, 2.24) is 10.3 Å². The molecule has 2 aromatic carbocycles. The number of hydrogen-bond acceptors (Lipinski definition) is 4. The smallest absolute Gasteiger partial charge is 0.126 e. The van der Waals surface area contributed by atoms with Gasteiger partial charge in [-0.2, -0.15) is 0 Å². The minimum absolute atomic E-state index is 0.218. The first kappa shape index (κ1) is 15.5. The molecule has 25 heavy (non-hydrogen) atoms. The van der Waals surface area contributed by atoms with Gasteiger partial charge in [0.2, 0.25) is 0 Å². The number of nitrogens with one attached hydrogen (secondary N) is 1. The second kappa shape index (κ2) is 6.11. The standard InChI is InChI=1S/C20H17FN4/c1-12-9-14(4-6-17(12)21)19-15(3-2-8-23-19)13-5-7-18-16(10-13)20(22)25-11-24-18/h2-11,20H,22H2,1H3,(H,24,25). The molecule has 124 valence electrons. The van der Waals surface area contributed by atoms with Gasteiger partial charge in [0.05, 0.1) is 17.7 Å². The van der Waals surface area contributed by atoms with E-state index in [4.69, 9.17) is 5.73 Å². The fourth-order valence-electron chi connectivity index (χ4n) is 3.03. The normalized spacial score (nSPS) is 15.6. The molecule has 0 saturated carbocycles. The molecule has 1 aromatic heterocycles. The fourth-order valence-corrected chi connectivity index (χ4v) is 3.03. The third-order valence-electron chi connectivity index (χ3n) is 4.37. The van der Waals surface area contributed by atoms with Gasteiger partial charge in [0.25, 0.3) is 0 Å². The highest BCUT2D eigenvalue weighted by Gasteiger charge is 2.16. The Kier molecular flexibility index (Phi) is 3.78. The van der Waals surface area contributed by atoms with Crippen molar-refractivity contribution in [2.24, 2.45) is 10.7 Å². The van der Waals surface area contributed by atoms with Crippen molar-refractivity contribution in [3.05, 3.63) is 71.7 Å². The minimum atomic E-state index is -0.291. The molecule has 0 saturated heterocycles. The van der Waals surface area contributed by atoms with E-state index in [0.29, 0.717) is 5.56 Å². The summed E-state index contributed by atoms with van der Waals surface area (Å²) in [6, 6.07) is 14.9. The molecule has 0 aliphatic carbocycles. The molecule has 1 unspecified atom stereocenters. The number of fused-ring (bicyclic) bond motifs is 1. The molecular weight excluding hydrogens is 315 g/mol. The van der Waals surface area contributed by atoms with Crippen LogP contribution in [0.15, 0.2) is 59.7 Å². The van der Waals surface area contributed by atoms with Crippen LogP contribution in [0.4, 0.5) is 10.1 Å². The van der Waals surface area contributed by atoms with Crippen LogP contribution in [0.2, 0.25) is 0 Å². The van der Waals surface area contributed by atoms with Crippen LogP contribution >= 0.6 is 0 Å². The monoisotopic (exact) mass is 332 g/mol. The first-order valence-corrected chi connectivity index (χ1v) is 8.03. The number of aryl methyl sites for hydroxylation is 1. The van der Waals surface area contributed by atoms with Crippen LogP contribution in [0.25, 0.3) is 22.4 Å². The minimum Gasteiger partial charge on any atom is -0.357 e. The Morgan fingerprint density at radius 3 is 2.76 bits per heavy atom. The number of pyridine rings is 1. The zero-order valence-electron chi connectivity index (χ0n) is 13.7. The van der Waals surface area contributed by atoms with Crippen LogP contribution in [0.5, 0.6) is 0 Å². The second-order valence-electron chi connectivity index (χ2n) is 6.04. The summed E-state index contributed by atoms with van der Waals surface area (Å²) in [6.45, 7) is 1.75. The average molecular weight is 332 g/mol. The van der Waals surface area contributed by atoms with Gasteiger partial charge in [0.1, 0.15) is 12.0 Å². The second-order valence-corrected chi connectivity index (χ2v) is 6.04. The highest BCUT2D eigenvalue weighted by molar-refractivity contribution is 5.82. The van der Waals surface area contributed by atoms with Crippen LogP contribution in [0, 0.1) is 12.7 Å². The molecule has 3 N–H and O–H groups in total. The summed E-state index contributed by atoms with van der Waals surface area (Å²) in [5.41, 5.74) is 12.2. The Bertz CT molecular complexity index is 981. The van der Waals surface area contributed by atoms with Gasteiger partial charge < -0.3 is 11.1 Å². The van der Waals surface area contributed by atoms with E-state index >= 15 is 0 Å². The molecule has 0 bridgehead atoms. The predicted octanol–water partition coefficient (Wildman–Crippen LogP) is 4.08. The van der Waals surface area contributed by atoms with E-state index in [9.17, 15) is 4.39 Å². The first-order valence-electron chi connectivity index (χ1n) is 8.03. The lowest BCUT2D eigenvalue weighted by Gasteiger charge is -2.20. The number of benzene rings is 2. The molecule has 0 amide bonds. The summed E-state index contributed by atoms with van der Waals surface area (Å²) >= 11 is 0. The molecule has 1 aliphatic heterocycles. The lowest BCUT2D eigenvalue weighted by molar-refractivity contribution is 0.619. The van der Waals surface area contributed by atoms with E-state index in [-0.39, 0.29) is 12.0 Å². The highest BCUT2D eigenvalue weighted by atomic mass is 19.1. The summed E-state index contributed by atoms with van der Waals surface area (Å²) in [7, 11) is 0. The van der Waals surface area contributed by atoms with Crippen molar-refractivity contribution in [3.63, 3.8) is 0 Å². The zero-order valence-corrected chi connectivity index (χ0v) is 13.7. The van der Waals surface area contributed by atoms with Crippen molar-refractivity contribution < 1.29 is 4.39 Å². The van der Waals surface area contributed by atoms with Crippen molar-refractivity contribution in [2.75, 3.05) is 0 Å². The van der Waals surface area contributed by atoms with Gasteiger partial charge in [0.15, 0.2) is 0 Å². The largest absolute Gasteiger partial charge is 0.357 e. The van der Waals surface area contributed by atoms with Crippen molar-refractivity contribution in [1.29, 1.82) is 0 Å². The van der Waals surface area contributed by atoms with E-state index in [1.807, 2.05) is 36.4 Å². The zero-order chi connectivity index (χ0) is 17.4. The van der Waals surface area contributed by atoms with Gasteiger partial charge >= 0.3 is 0 Å². The molecule has 0 radical (unpaired) electrons. The Morgan fingerprint density at radius 2 is 1.92 bits per heavy atom. The number of hydrogen-bond donors (Lipinski definition) is 2. The van der Waals surface area contributed by atoms with Crippen LogP contribution in [-0.2, 0) is 0 Å². The topological polar surface area (TPSA) is 63.3 Å². The summed E-state index contributed by atoms with van der Waals surface area (Å²) < 4.78 is 13.6. The summed E-state index contributed by atoms with van der Waals surface area (Å²) in [5, 5.41) is 3.01. The number of nitrogens with two attached hydrogens (primary N) is 1. The number of nitrogens with zero attached hydrogens (tertiary/aromatic N) is 2. The Labute approximate surface area is 145 Å². The van der Waals surface area contributed by atoms with E-state index in [0.717, 1.165) is 33.6 Å². The van der Waals surface area contributed by atoms with Crippen LogP contribution in [0.1, 0.15) is 17.3 Å². The summed E-state index contributed by atoms with van der Waals surface area (Å²) in [6.07, 6.45) is 3.07. The van der Waals surface area contributed by atoms with Crippen molar-refractivity contribution in [2.45, 2.75) is 13.1 Å². The van der Waals surface area contributed by atoms with Crippen LogP contribution in [-0.4, -0.2) is 11.3 Å². The number of rotatable bonds is 2. The summed E-state index contributed by atoms with van der Waals surface area (Å²) in [4.78, 5) is 8.83. The molecule has 4 rings (SSSR count). The molecule has 3 aromatic rings. The molecule has 5 heteroatoms. The fraction of sp³-hybridized carbons (Fsp3) is 0.100. The molecular formula is C20H17FN4. The third-order valence-corrected chi connectivity index (χ3v) is 4.37. The number of halogens is 1. The lowest BCUT2D eigenvalue weighted by Crippen LogP contribution is -2.29. The van der Waals surface area contributed by atoms with Gasteiger partial charge in [-0.05, 0) is 54.4 Å². The quantitative estimate of drug-likeness (QED) is 0.743. The average Bonchev–Trinajstić information content (AvgIpc) is 2.64. The molecule has 0 spiro atoms. The lowest BCUT2D eigenvalue weighted by atomic mass is 9.95. The maximum absolute atomic E-state index is 13.6. The van der Waals surface area contributed by atoms with Gasteiger partial charge in [0, 0.05) is 22.9 Å². The molecule has 1 aliphatic rings. The van der Waals surface area contributed by atoms with E-state index < -0.39 is 0 Å². The number of aromatic nitrogens is 1. The molecule has 0 fully saturated rings. The SMILES string of the molecule is Cc1cc(-c2ncccc2-c2ccc3c(c2)C(N)NC=N3)ccc1F. The maximum atomic E-state index is 13.6. The Balaban J connectivity index is 1.86. The van der Waals surface area contributed by atoms with E-state index in [2.05, 4.69) is 15.3 Å². The predicted molar refractivity (Wildman–Crippen MR) is 98.0 cm³/mol. The Hall–Kier alpha value is -3.05. The van der Waals surface area contributed by atoms with Crippen molar-refractivity contribution >= 4 is 12.0 Å². The Morgan fingerprint density at radius 1 is 1.08 bits per heavy atom. The van der Waals surface area contributed by atoms with Gasteiger partial charge in [-0.1, -0.05) is 12.1 Å². The number of aliphatic imine (C=N–C) groups is 1. The first-order chi connectivity index (χ1) is 12.1. The van der Waals surface area contributed by atoms with Crippen LogP contribution < -0.4 is 11.1 Å². The highest BCUT2D eigenvalue weighted by Crippen LogP contribution is 2.35. The van der Waals surface area contributed by atoms with Crippen molar-refractivity contribution in [3.8, 4) is 22.4 Å². The maximum Gasteiger partial charge on any atom is 0.126 e. The van der Waals surface area contributed by atoms with E-state index in [1.165, 1.54) is 6.07 Å². The third kappa shape index (κ3) is 2.79. The van der Waals surface area contributed by atoms with Crippen LogP contribution in [0.3, 0.4) is 0 Å².